The Morgan fingerprint density at radius 2 is 1.96 bits per heavy atom. The summed E-state index contributed by atoms with van der Waals surface area (Å²) in [5, 5.41) is 25.0. The molecule has 0 aliphatic carbocycles. The number of β-amino-alcohol motifs (C(OH)–C–C–N with tert-alkyl or cyclic N) is 1. The van der Waals surface area contributed by atoms with Crippen LogP contribution >= 0.6 is 0 Å². The molecule has 2 aromatic carbocycles. The molecule has 2 unspecified atom stereocenters. The van der Waals surface area contributed by atoms with Gasteiger partial charge in [-0.15, -0.1) is 0 Å². The van der Waals surface area contributed by atoms with Gasteiger partial charge in [0.15, 0.2) is 6.10 Å². The molecule has 1 aliphatic heterocycles. The van der Waals surface area contributed by atoms with Gasteiger partial charge in [0.25, 0.3) is 5.69 Å². The van der Waals surface area contributed by atoms with Crippen LogP contribution in [0.25, 0.3) is 11.1 Å². The van der Waals surface area contributed by atoms with E-state index in [0.717, 1.165) is 11.1 Å². The standard InChI is InChI=1S/C19H22N2O4/c1-19(2,3)20-11-16(22)18-14-7-5-4-6-13(14)15-10-12(21(23)24)8-9-17(15)25-18/h4-10,16,18,20,22H,11H2,1-3H3. The summed E-state index contributed by atoms with van der Waals surface area (Å²) in [5.74, 6) is 0.545. The van der Waals surface area contributed by atoms with E-state index in [1.807, 2.05) is 45.0 Å². The van der Waals surface area contributed by atoms with Crippen molar-refractivity contribution in [1.29, 1.82) is 0 Å². The largest absolute Gasteiger partial charge is 0.482 e. The monoisotopic (exact) mass is 342 g/mol. The minimum atomic E-state index is -0.747. The molecule has 1 aliphatic rings. The van der Waals surface area contributed by atoms with E-state index in [-0.39, 0.29) is 11.2 Å². The van der Waals surface area contributed by atoms with Crippen LogP contribution < -0.4 is 10.1 Å². The number of hydrogen-bond acceptors (Lipinski definition) is 5. The summed E-state index contributed by atoms with van der Waals surface area (Å²) in [7, 11) is 0. The maximum atomic E-state index is 11.1. The molecule has 25 heavy (non-hydrogen) atoms. The molecule has 0 amide bonds. The lowest BCUT2D eigenvalue weighted by Crippen LogP contribution is -2.43. The van der Waals surface area contributed by atoms with Crippen LogP contribution in [0.1, 0.15) is 32.4 Å². The molecule has 0 spiro atoms. The third-order valence-electron chi connectivity index (χ3n) is 4.18. The Hall–Kier alpha value is -2.44. The number of nitrogens with one attached hydrogen (secondary N) is 1. The number of nitrogens with zero attached hydrogens (tertiary/aromatic N) is 1. The fourth-order valence-corrected chi connectivity index (χ4v) is 2.94. The first-order valence-electron chi connectivity index (χ1n) is 8.24. The van der Waals surface area contributed by atoms with Crippen LogP contribution in [0.2, 0.25) is 0 Å². The molecule has 0 fully saturated rings. The number of ether oxygens (including phenoxy) is 1. The van der Waals surface area contributed by atoms with Crippen LogP contribution in [0.4, 0.5) is 5.69 Å². The number of benzene rings is 2. The summed E-state index contributed by atoms with van der Waals surface area (Å²) in [4.78, 5) is 10.6. The highest BCUT2D eigenvalue weighted by atomic mass is 16.6. The fourth-order valence-electron chi connectivity index (χ4n) is 2.94. The number of non-ortho nitro benzene ring substituents is 1. The normalized spacial score (nSPS) is 17.2. The first-order valence-corrected chi connectivity index (χ1v) is 8.24. The minimum Gasteiger partial charge on any atom is -0.482 e. The van der Waals surface area contributed by atoms with Crippen LogP contribution in [0.5, 0.6) is 5.75 Å². The molecule has 0 aromatic heterocycles. The topological polar surface area (TPSA) is 84.6 Å². The summed E-state index contributed by atoms with van der Waals surface area (Å²) >= 11 is 0. The van der Waals surface area contributed by atoms with E-state index in [9.17, 15) is 15.2 Å². The van der Waals surface area contributed by atoms with E-state index in [2.05, 4.69) is 5.32 Å². The van der Waals surface area contributed by atoms with E-state index >= 15 is 0 Å². The summed E-state index contributed by atoms with van der Waals surface area (Å²) in [6.45, 7) is 6.47. The quantitative estimate of drug-likeness (QED) is 0.657. The van der Waals surface area contributed by atoms with Crippen molar-refractivity contribution in [3.63, 3.8) is 0 Å². The average molecular weight is 342 g/mol. The van der Waals surface area contributed by atoms with Crippen LogP contribution in [0.15, 0.2) is 42.5 Å². The second-order valence-electron chi connectivity index (χ2n) is 7.26. The molecule has 0 bridgehead atoms. The van der Waals surface area contributed by atoms with Gasteiger partial charge in [0.1, 0.15) is 11.9 Å². The highest BCUT2D eigenvalue weighted by molar-refractivity contribution is 5.77. The van der Waals surface area contributed by atoms with Crippen LogP contribution in [0, 0.1) is 10.1 Å². The van der Waals surface area contributed by atoms with Gasteiger partial charge in [-0.3, -0.25) is 10.1 Å². The Morgan fingerprint density at radius 1 is 1.24 bits per heavy atom. The van der Waals surface area contributed by atoms with Crippen molar-refractivity contribution in [2.45, 2.75) is 38.5 Å². The average Bonchev–Trinajstić information content (AvgIpc) is 2.57. The van der Waals surface area contributed by atoms with Crippen LogP contribution in [-0.4, -0.2) is 28.2 Å². The molecule has 6 nitrogen and oxygen atoms in total. The van der Waals surface area contributed by atoms with Crippen molar-refractivity contribution in [2.75, 3.05) is 6.54 Å². The van der Waals surface area contributed by atoms with E-state index in [4.69, 9.17) is 4.74 Å². The summed E-state index contributed by atoms with van der Waals surface area (Å²) in [6, 6.07) is 12.1. The molecule has 0 saturated heterocycles. The summed E-state index contributed by atoms with van der Waals surface area (Å²) < 4.78 is 6.01. The van der Waals surface area contributed by atoms with Gasteiger partial charge >= 0.3 is 0 Å². The Morgan fingerprint density at radius 3 is 2.64 bits per heavy atom. The molecular formula is C19H22N2O4. The number of nitro groups is 1. The lowest BCUT2D eigenvalue weighted by atomic mass is 9.90. The van der Waals surface area contributed by atoms with Crippen molar-refractivity contribution in [3.05, 3.63) is 58.1 Å². The van der Waals surface area contributed by atoms with Gasteiger partial charge in [-0.05, 0) is 32.4 Å². The van der Waals surface area contributed by atoms with Gasteiger partial charge in [-0.25, -0.2) is 0 Å². The Bertz CT molecular complexity index is 798. The van der Waals surface area contributed by atoms with Gasteiger partial charge in [0, 0.05) is 35.3 Å². The molecule has 2 atom stereocenters. The minimum absolute atomic E-state index is 0.0190. The molecule has 3 rings (SSSR count). The van der Waals surface area contributed by atoms with Gasteiger partial charge in [0.2, 0.25) is 0 Å². The smallest absolute Gasteiger partial charge is 0.270 e. The van der Waals surface area contributed by atoms with Crippen LogP contribution in [-0.2, 0) is 0 Å². The molecule has 6 heteroatoms. The number of aliphatic hydroxyl groups is 1. The van der Waals surface area contributed by atoms with Crippen LogP contribution in [0.3, 0.4) is 0 Å². The highest BCUT2D eigenvalue weighted by Crippen LogP contribution is 2.44. The van der Waals surface area contributed by atoms with E-state index in [0.29, 0.717) is 17.9 Å². The van der Waals surface area contributed by atoms with Crippen molar-refractivity contribution in [2.24, 2.45) is 0 Å². The third kappa shape index (κ3) is 3.65. The molecular weight excluding hydrogens is 320 g/mol. The zero-order valence-corrected chi connectivity index (χ0v) is 14.5. The SMILES string of the molecule is CC(C)(C)NCC(O)C1Oc2ccc([N+](=O)[O-])cc2-c2ccccc21. The van der Waals surface area contributed by atoms with Crippen molar-refractivity contribution < 1.29 is 14.8 Å². The number of rotatable bonds is 4. The second-order valence-corrected chi connectivity index (χ2v) is 7.26. The highest BCUT2D eigenvalue weighted by Gasteiger charge is 2.32. The number of hydrogen-bond donors (Lipinski definition) is 2. The Kier molecular flexibility index (Phi) is 4.49. The van der Waals surface area contributed by atoms with Gasteiger partial charge < -0.3 is 15.2 Å². The molecule has 132 valence electrons. The maximum absolute atomic E-state index is 11.1. The van der Waals surface area contributed by atoms with Crippen molar-refractivity contribution in [3.8, 4) is 16.9 Å². The zero-order valence-electron chi connectivity index (χ0n) is 14.5. The summed E-state index contributed by atoms with van der Waals surface area (Å²) in [5.41, 5.74) is 2.27. The molecule has 2 aromatic rings. The van der Waals surface area contributed by atoms with Gasteiger partial charge in [-0.1, -0.05) is 24.3 Å². The lowest BCUT2D eigenvalue weighted by Gasteiger charge is -2.33. The van der Waals surface area contributed by atoms with Crippen molar-refractivity contribution in [1.82, 2.24) is 5.32 Å². The first-order chi connectivity index (χ1) is 11.8. The molecule has 0 radical (unpaired) electrons. The maximum Gasteiger partial charge on any atom is 0.270 e. The Balaban J connectivity index is 1.96. The third-order valence-corrected chi connectivity index (χ3v) is 4.18. The van der Waals surface area contributed by atoms with Gasteiger partial charge in [0.05, 0.1) is 4.92 Å². The zero-order chi connectivity index (χ0) is 18.2. The number of aliphatic hydroxyl groups excluding tert-OH is 1. The lowest BCUT2D eigenvalue weighted by molar-refractivity contribution is -0.384. The molecule has 1 heterocycles. The second kappa shape index (κ2) is 6.46. The number of nitro benzene ring substituents is 1. The van der Waals surface area contributed by atoms with Crippen molar-refractivity contribution >= 4 is 5.69 Å². The predicted molar refractivity (Wildman–Crippen MR) is 95.7 cm³/mol. The first kappa shape index (κ1) is 17.4. The van der Waals surface area contributed by atoms with Gasteiger partial charge in [-0.2, -0.15) is 0 Å². The van der Waals surface area contributed by atoms with E-state index in [1.165, 1.54) is 12.1 Å². The van der Waals surface area contributed by atoms with E-state index in [1.54, 1.807) is 6.07 Å². The summed E-state index contributed by atoms with van der Waals surface area (Å²) in [6.07, 6.45) is -1.27. The predicted octanol–water partition coefficient (Wildman–Crippen LogP) is 3.44. The molecule has 0 saturated carbocycles. The molecule has 2 N–H and O–H groups in total. The Labute approximate surface area is 146 Å². The fraction of sp³-hybridized carbons (Fsp3) is 0.368. The van der Waals surface area contributed by atoms with E-state index < -0.39 is 17.1 Å². The number of fused-ring (bicyclic) bond motifs is 3.